The summed E-state index contributed by atoms with van der Waals surface area (Å²) >= 11 is 0. The number of nitrogens with zero attached hydrogens (tertiary/aromatic N) is 4. The minimum Gasteiger partial charge on any atom is -0.491 e. The molecule has 7 nitrogen and oxygen atoms in total. The summed E-state index contributed by atoms with van der Waals surface area (Å²) in [7, 11) is 1.11. The van der Waals surface area contributed by atoms with E-state index < -0.39 is 40.9 Å². The second-order valence-electron chi connectivity index (χ2n) is 8.66. The maximum atomic E-state index is 14.6. The Kier molecular flexibility index (Phi) is 6.32. The van der Waals surface area contributed by atoms with Crippen LogP contribution in [0, 0.1) is 23.0 Å². The number of benzene rings is 2. The molecule has 1 N–H and O–H groups in total. The Morgan fingerprint density at radius 2 is 1.89 bits per heavy atom. The van der Waals surface area contributed by atoms with Crippen LogP contribution in [0.2, 0.25) is 0 Å². The first kappa shape index (κ1) is 25.3. The summed E-state index contributed by atoms with van der Waals surface area (Å²) in [6.07, 6.45) is -2.32. The summed E-state index contributed by atoms with van der Waals surface area (Å²) in [6, 6.07) is 8.04. The van der Waals surface area contributed by atoms with E-state index in [0.717, 1.165) is 42.5 Å². The summed E-state index contributed by atoms with van der Waals surface area (Å²) in [5.74, 6) is -2.50. The number of hydrogen-bond acceptors (Lipinski definition) is 6. The van der Waals surface area contributed by atoms with Gasteiger partial charge < -0.3 is 10.1 Å². The predicted molar refractivity (Wildman–Crippen MR) is 127 cm³/mol. The molecule has 194 valence electrons. The van der Waals surface area contributed by atoms with Gasteiger partial charge in [0.15, 0.2) is 17.4 Å². The highest BCUT2D eigenvalue weighted by Gasteiger charge is 2.32. The molecule has 1 aliphatic heterocycles. The first-order valence-corrected chi connectivity index (χ1v) is 11.4. The van der Waals surface area contributed by atoms with Gasteiger partial charge >= 0.3 is 6.18 Å². The van der Waals surface area contributed by atoms with Gasteiger partial charge in [0, 0.05) is 29.5 Å². The zero-order chi connectivity index (χ0) is 27.2. The number of aromatic nitrogens is 3. The molecule has 5 rings (SSSR count). The molecule has 0 unspecified atom stereocenters. The summed E-state index contributed by atoms with van der Waals surface area (Å²) in [6.45, 7) is 0.618. The minimum atomic E-state index is -4.65. The van der Waals surface area contributed by atoms with Crippen LogP contribution in [0.3, 0.4) is 0 Å². The van der Waals surface area contributed by atoms with E-state index in [2.05, 4.69) is 15.3 Å². The van der Waals surface area contributed by atoms with E-state index in [1.165, 1.54) is 18.2 Å². The molecule has 2 aromatic heterocycles. The quantitative estimate of drug-likeness (QED) is 0.374. The summed E-state index contributed by atoms with van der Waals surface area (Å²) < 4.78 is 74.2. The summed E-state index contributed by atoms with van der Waals surface area (Å²) in [4.78, 5) is 22.0. The van der Waals surface area contributed by atoms with Crippen molar-refractivity contribution in [1.82, 2.24) is 19.9 Å². The Morgan fingerprint density at radius 1 is 1.16 bits per heavy atom. The molecule has 2 aromatic carbocycles. The maximum absolute atomic E-state index is 14.6. The molecule has 1 saturated heterocycles. The molecule has 1 atom stereocenters. The van der Waals surface area contributed by atoms with Crippen molar-refractivity contribution in [2.75, 3.05) is 13.7 Å². The van der Waals surface area contributed by atoms with Crippen molar-refractivity contribution < 1.29 is 26.7 Å². The van der Waals surface area contributed by atoms with Crippen LogP contribution < -0.4 is 15.6 Å². The van der Waals surface area contributed by atoms with E-state index in [0.29, 0.717) is 13.0 Å². The highest BCUT2D eigenvalue weighted by atomic mass is 19.4. The molecule has 0 bridgehead atoms. The topological polar surface area (TPSA) is 92.8 Å². The average Bonchev–Trinajstić information content (AvgIpc) is 3.42. The van der Waals surface area contributed by atoms with Gasteiger partial charge in [-0.3, -0.25) is 14.3 Å². The summed E-state index contributed by atoms with van der Waals surface area (Å²) in [5, 5.41) is 12.7. The number of fused-ring (bicyclic) bond motifs is 1. The fourth-order valence-corrected chi connectivity index (χ4v) is 4.57. The maximum Gasteiger partial charge on any atom is 0.433 e. The standard InChI is InChI=1S/C26H18F5N5O2/c1-38-23-18(27)9-15(10-19(23)28)36-24(20-3-2-6-33-20)35-22-16(7-13(11-32)8-17(22)25(36)37)14-4-5-21(34-12-14)26(29,30)31/h4-5,7-10,12,20,33H,2-3,6H2,1H3/t20-/m1/s1. The first-order valence-electron chi connectivity index (χ1n) is 11.4. The number of ether oxygens (including phenoxy) is 1. The molecule has 1 aliphatic rings. The second kappa shape index (κ2) is 9.50. The van der Waals surface area contributed by atoms with E-state index in [4.69, 9.17) is 4.74 Å². The molecule has 0 amide bonds. The van der Waals surface area contributed by atoms with Crippen LogP contribution >= 0.6 is 0 Å². The van der Waals surface area contributed by atoms with Crippen molar-refractivity contribution in [3.8, 4) is 28.6 Å². The number of nitriles is 1. The lowest BCUT2D eigenvalue weighted by Gasteiger charge is -2.20. The highest BCUT2D eigenvalue weighted by Crippen LogP contribution is 2.34. The number of hydrogen-bond donors (Lipinski definition) is 1. The van der Waals surface area contributed by atoms with Gasteiger partial charge in [-0.1, -0.05) is 6.07 Å². The number of rotatable bonds is 4. The van der Waals surface area contributed by atoms with Crippen LogP contribution in [0.15, 0.2) is 47.4 Å². The van der Waals surface area contributed by atoms with Gasteiger partial charge in [-0.25, -0.2) is 13.8 Å². The van der Waals surface area contributed by atoms with E-state index >= 15 is 0 Å². The van der Waals surface area contributed by atoms with Crippen molar-refractivity contribution in [3.05, 3.63) is 81.7 Å². The Balaban J connectivity index is 1.82. The molecule has 0 saturated carbocycles. The van der Waals surface area contributed by atoms with E-state index in [-0.39, 0.29) is 39.1 Å². The second-order valence-corrected chi connectivity index (χ2v) is 8.66. The van der Waals surface area contributed by atoms with Crippen molar-refractivity contribution >= 4 is 10.9 Å². The molecular weight excluding hydrogens is 509 g/mol. The van der Waals surface area contributed by atoms with E-state index in [1.807, 2.05) is 6.07 Å². The number of alkyl halides is 3. The lowest BCUT2D eigenvalue weighted by Crippen LogP contribution is -2.29. The zero-order valence-corrected chi connectivity index (χ0v) is 19.7. The van der Waals surface area contributed by atoms with E-state index in [9.17, 15) is 32.0 Å². The van der Waals surface area contributed by atoms with Crippen molar-refractivity contribution in [1.29, 1.82) is 5.26 Å². The van der Waals surface area contributed by atoms with Crippen molar-refractivity contribution in [3.63, 3.8) is 0 Å². The zero-order valence-electron chi connectivity index (χ0n) is 19.7. The molecular formula is C26H18F5N5O2. The smallest absolute Gasteiger partial charge is 0.433 e. The molecule has 38 heavy (non-hydrogen) atoms. The van der Waals surface area contributed by atoms with Gasteiger partial charge in [-0.15, -0.1) is 0 Å². The van der Waals surface area contributed by atoms with Gasteiger partial charge in [0.05, 0.1) is 41.4 Å². The van der Waals surface area contributed by atoms with E-state index in [1.54, 1.807) is 0 Å². The number of halogens is 5. The van der Waals surface area contributed by atoms with Gasteiger partial charge in [-0.2, -0.15) is 18.4 Å². The third kappa shape index (κ3) is 4.35. The predicted octanol–water partition coefficient (Wildman–Crippen LogP) is 5.05. The monoisotopic (exact) mass is 527 g/mol. The molecule has 0 aliphatic carbocycles. The highest BCUT2D eigenvalue weighted by molar-refractivity contribution is 5.94. The largest absolute Gasteiger partial charge is 0.491 e. The Morgan fingerprint density at radius 3 is 2.45 bits per heavy atom. The van der Waals surface area contributed by atoms with Crippen molar-refractivity contribution in [2.24, 2.45) is 0 Å². The van der Waals surface area contributed by atoms with Crippen LogP contribution in [0.1, 0.15) is 36.0 Å². The lowest BCUT2D eigenvalue weighted by atomic mass is 10.00. The molecule has 0 spiro atoms. The van der Waals surface area contributed by atoms with Gasteiger partial charge in [0.2, 0.25) is 0 Å². The molecule has 1 fully saturated rings. The van der Waals surface area contributed by atoms with Crippen LogP contribution in [0.4, 0.5) is 22.0 Å². The van der Waals surface area contributed by atoms with Crippen LogP contribution in [0.5, 0.6) is 5.75 Å². The van der Waals surface area contributed by atoms with Crippen LogP contribution in [-0.4, -0.2) is 28.2 Å². The fraction of sp³-hybridized carbons (Fsp3) is 0.231. The third-order valence-electron chi connectivity index (χ3n) is 6.31. The Hall–Kier alpha value is -4.37. The minimum absolute atomic E-state index is 0.0386. The Bertz CT molecular complexity index is 1630. The van der Waals surface area contributed by atoms with Gasteiger partial charge in [0.25, 0.3) is 5.56 Å². The van der Waals surface area contributed by atoms with Crippen molar-refractivity contribution in [2.45, 2.75) is 25.1 Å². The first-order chi connectivity index (χ1) is 18.1. The molecule has 12 heteroatoms. The SMILES string of the molecule is COc1c(F)cc(-n2c([C@H]3CCCN3)nc3c(-c4ccc(C(F)(F)F)nc4)cc(C#N)cc3c2=O)cc1F. The van der Waals surface area contributed by atoms with Crippen LogP contribution in [0.25, 0.3) is 27.7 Å². The fourth-order valence-electron chi connectivity index (χ4n) is 4.57. The van der Waals surface area contributed by atoms with Gasteiger partial charge in [0.1, 0.15) is 11.5 Å². The number of nitrogens with one attached hydrogen (secondary N) is 1. The number of pyridine rings is 1. The van der Waals surface area contributed by atoms with Crippen LogP contribution in [-0.2, 0) is 6.18 Å². The molecule has 0 radical (unpaired) electrons. The average molecular weight is 527 g/mol. The van der Waals surface area contributed by atoms with Gasteiger partial charge in [-0.05, 0) is 37.6 Å². The Labute approximate surface area is 212 Å². The number of methoxy groups -OCH3 is 1. The molecule has 4 aromatic rings. The third-order valence-corrected chi connectivity index (χ3v) is 6.31. The summed E-state index contributed by atoms with van der Waals surface area (Å²) in [5.41, 5.74) is -1.37. The normalized spacial score (nSPS) is 15.6. The molecule has 3 heterocycles. The lowest BCUT2D eigenvalue weighted by molar-refractivity contribution is -0.141.